The molecule has 2 rings (SSSR count). The van der Waals surface area contributed by atoms with E-state index in [1.54, 1.807) is 21.3 Å². The van der Waals surface area contributed by atoms with Crippen molar-refractivity contribution in [3.8, 4) is 11.5 Å². The third-order valence-corrected chi connectivity index (χ3v) is 4.09. The Hall–Kier alpha value is -1.79. The van der Waals surface area contributed by atoms with Crippen molar-refractivity contribution in [2.45, 2.75) is 31.5 Å². The number of aliphatic carboxylic acids is 1. The minimum atomic E-state index is -0.844. The minimum absolute atomic E-state index is 0.172. The van der Waals surface area contributed by atoms with Crippen LogP contribution in [0.2, 0.25) is 0 Å². The maximum Gasteiger partial charge on any atom is 0.321 e. The van der Waals surface area contributed by atoms with Gasteiger partial charge >= 0.3 is 5.97 Å². The number of ether oxygens (including phenoxy) is 2. The molecule has 0 amide bonds. The van der Waals surface area contributed by atoms with E-state index in [9.17, 15) is 9.90 Å². The Morgan fingerprint density at radius 3 is 2.43 bits per heavy atom. The first kappa shape index (κ1) is 15.6. The van der Waals surface area contributed by atoms with E-state index in [0.29, 0.717) is 17.9 Å². The molecular weight excluding hydrogens is 272 g/mol. The SMILES string of the molecule is COc1cc2c(cc1OC)[C@@H]([C@H](C)N)N(C)[C@H](C(=O)O)C2. The highest BCUT2D eigenvalue weighted by molar-refractivity contribution is 5.75. The van der Waals surface area contributed by atoms with Gasteiger partial charge in [-0.2, -0.15) is 0 Å². The van der Waals surface area contributed by atoms with Gasteiger partial charge in [-0.1, -0.05) is 0 Å². The quantitative estimate of drug-likeness (QED) is 0.863. The third kappa shape index (κ3) is 2.69. The van der Waals surface area contributed by atoms with Gasteiger partial charge in [-0.3, -0.25) is 9.69 Å². The van der Waals surface area contributed by atoms with Gasteiger partial charge in [0.25, 0.3) is 0 Å². The van der Waals surface area contributed by atoms with Crippen molar-refractivity contribution in [3.63, 3.8) is 0 Å². The summed E-state index contributed by atoms with van der Waals surface area (Å²) in [6.07, 6.45) is 0.421. The second-order valence-electron chi connectivity index (χ2n) is 5.43. The lowest BCUT2D eigenvalue weighted by Gasteiger charge is -2.41. The van der Waals surface area contributed by atoms with Crippen LogP contribution < -0.4 is 15.2 Å². The largest absolute Gasteiger partial charge is 0.493 e. The fourth-order valence-electron chi connectivity index (χ4n) is 3.07. The van der Waals surface area contributed by atoms with Crippen LogP contribution in [0.3, 0.4) is 0 Å². The Balaban J connectivity index is 2.58. The third-order valence-electron chi connectivity index (χ3n) is 4.09. The maximum atomic E-state index is 11.5. The van der Waals surface area contributed by atoms with Gasteiger partial charge in [0.1, 0.15) is 6.04 Å². The van der Waals surface area contributed by atoms with Crippen LogP contribution in [-0.2, 0) is 11.2 Å². The molecule has 116 valence electrons. The molecule has 1 aromatic rings. The Morgan fingerprint density at radius 2 is 1.95 bits per heavy atom. The molecular formula is C15H22N2O4. The molecule has 0 bridgehead atoms. The molecule has 1 aromatic carbocycles. The van der Waals surface area contributed by atoms with Crippen molar-refractivity contribution in [1.29, 1.82) is 0 Å². The standard InChI is InChI=1S/C15H22N2O4/c1-8(16)14-10-7-13(21-4)12(20-3)6-9(10)5-11(15(18)19)17(14)2/h6-8,11,14H,5,16H2,1-4H3,(H,18,19)/t8-,11-,14+/m0/s1. The predicted molar refractivity (Wildman–Crippen MR) is 78.8 cm³/mol. The summed E-state index contributed by atoms with van der Waals surface area (Å²) in [6.45, 7) is 1.88. The highest BCUT2D eigenvalue weighted by Gasteiger charge is 2.38. The van der Waals surface area contributed by atoms with E-state index in [-0.39, 0.29) is 12.1 Å². The molecule has 0 spiro atoms. The molecule has 1 heterocycles. The van der Waals surface area contributed by atoms with Gasteiger partial charge in [0.15, 0.2) is 11.5 Å². The van der Waals surface area contributed by atoms with Gasteiger partial charge in [0, 0.05) is 6.04 Å². The highest BCUT2D eigenvalue weighted by atomic mass is 16.5. The van der Waals surface area contributed by atoms with E-state index in [1.165, 1.54) is 0 Å². The average Bonchev–Trinajstić information content (AvgIpc) is 2.44. The number of carboxylic acids is 1. The van der Waals surface area contributed by atoms with E-state index in [4.69, 9.17) is 15.2 Å². The lowest BCUT2D eigenvalue weighted by atomic mass is 9.85. The smallest absolute Gasteiger partial charge is 0.321 e. The predicted octanol–water partition coefficient (Wildman–Crippen LogP) is 1.03. The number of methoxy groups -OCH3 is 2. The molecule has 1 aliphatic heterocycles. The molecule has 3 N–H and O–H groups in total. The van der Waals surface area contributed by atoms with Crippen molar-refractivity contribution in [3.05, 3.63) is 23.3 Å². The van der Waals surface area contributed by atoms with Gasteiger partial charge < -0.3 is 20.3 Å². The van der Waals surface area contributed by atoms with Gasteiger partial charge in [0.05, 0.1) is 20.3 Å². The van der Waals surface area contributed by atoms with E-state index >= 15 is 0 Å². The highest BCUT2D eigenvalue weighted by Crippen LogP contribution is 2.40. The normalized spacial score (nSPS) is 23.3. The first-order valence-electron chi connectivity index (χ1n) is 6.85. The lowest BCUT2D eigenvalue weighted by molar-refractivity contribution is -0.144. The zero-order chi connectivity index (χ0) is 15.7. The van der Waals surface area contributed by atoms with Crippen molar-refractivity contribution >= 4 is 5.97 Å². The van der Waals surface area contributed by atoms with Crippen LogP contribution >= 0.6 is 0 Å². The van der Waals surface area contributed by atoms with E-state index in [2.05, 4.69) is 0 Å². The first-order valence-corrected chi connectivity index (χ1v) is 6.85. The minimum Gasteiger partial charge on any atom is -0.493 e. The number of likely N-dealkylation sites (N-methyl/N-ethyl adjacent to an activating group) is 1. The second kappa shape index (κ2) is 5.91. The number of hydrogen-bond acceptors (Lipinski definition) is 5. The van der Waals surface area contributed by atoms with Crippen molar-refractivity contribution in [1.82, 2.24) is 4.90 Å². The number of hydrogen-bond donors (Lipinski definition) is 2. The first-order chi connectivity index (χ1) is 9.90. The fraction of sp³-hybridized carbons (Fsp3) is 0.533. The van der Waals surface area contributed by atoms with E-state index in [0.717, 1.165) is 11.1 Å². The molecule has 0 unspecified atom stereocenters. The van der Waals surface area contributed by atoms with Crippen LogP contribution in [0.1, 0.15) is 24.1 Å². The Morgan fingerprint density at radius 1 is 1.38 bits per heavy atom. The zero-order valence-corrected chi connectivity index (χ0v) is 12.8. The molecule has 0 aromatic heterocycles. The molecule has 0 saturated heterocycles. The number of nitrogens with two attached hydrogens (primary N) is 1. The summed E-state index contributed by atoms with van der Waals surface area (Å²) in [6, 6.07) is 2.79. The van der Waals surface area contributed by atoms with Crippen LogP contribution in [0.15, 0.2) is 12.1 Å². The number of carbonyl (C=O) groups is 1. The van der Waals surface area contributed by atoms with Gasteiger partial charge in [0.2, 0.25) is 0 Å². The maximum absolute atomic E-state index is 11.5. The molecule has 1 aliphatic rings. The Bertz CT molecular complexity index is 545. The molecule has 6 nitrogen and oxygen atoms in total. The second-order valence-corrected chi connectivity index (χ2v) is 5.43. The molecule has 21 heavy (non-hydrogen) atoms. The van der Waals surface area contributed by atoms with Crippen LogP contribution in [0, 0.1) is 0 Å². The number of benzene rings is 1. The fourth-order valence-corrected chi connectivity index (χ4v) is 3.07. The molecule has 6 heteroatoms. The van der Waals surface area contributed by atoms with Gasteiger partial charge in [-0.25, -0.2) is 0 Å². The topological polar surface area (TPSA) is 85.0 Å². The summed E-state index contributed by atoms with van der Waals surface area (Å²) in [5.41, 5.74) is 8.04. The average molecular weight is 294 g/mol. The van der Waals surface area contributed by atoms with Gasteiger partial charge in [-0.05, 0) is 43.7 Å². The van der Waals surface area contributed by atoms with Crippen LogP contribution in [0.5, 0.6) is 11.5 Å². The lowest BCUT2D eigenvalue weighted by Crippen LogP contribution is -2.50. The Labute approximate surface area is 124 Å². The number of fused-ring (bicyclic) bond motifs is 1. The summed E-state index contributed by atoms with van der Waals surface area (Å²) in [7, 11) is 4.95. The van der Waals surface area contributed by atoms with Gasteiger partial charge in [-0.15, -0.1) is 0 Å². The number of nitrogens with zero attached hydrogens (tertiary/aromatic N) is 1. The molecule has 0 radical (unpaired) electrons. The summed E-state index contributed by atoms with van der Waals surface area (Å²) in [5, 5.41) is 9.42. The Kier molecular flexibility index (Phi) is 4.39. The molecule has 0 fully saturated rings. The van der Waals surface area contributed by atoms with Crippen molar-refractivity contribution in [2.75, 3.05) is 21.3 Å². The van der Waals surface area contributed by atoms with E-state index in [1.807, 2.05) is 24.0 Å². The summed E-state index contributed by atoms with van der Waals surface area (Å²) < 4.78 is 10.6. The molecule has 0 saturated carbocycles. The molecule has 3 atom stereocenters. The number of carboxylic acid groups (broad SMARTS) is 1. The monoisotopic (exact) mass is 294 g/mol. The van der Waals surface area contributed by atoms with E-state index < -0.39 is 12.0 Å². The van der Waals surface area contributed by atoms with Crippen molar-refractivity contribution in [2.24, 2.45) is 5.73 Å². The van der Waals surface area contributed by atoms with Crippen LogP contribution in [0.25, 0.3) is 0 Å². The van der Waals surface area contributed by atoms with Crippen LogP contribution in [-0.4, -0.2) is 49.3 Å². The summed E-state index contributed by atoms with van der Waals surface area (Å²) in [5.74, 6) is 0.390. The summed E-state index contributed by atoms with van der Waals surface area (Å²) >= 11 is 0. The zero-order valence-electron chi connectivity index (χ0n) is 12.8. The summed E-state index contributed by atoms with van der Waals surface area (Å²) in [4.78, 5) is 13.3. The number of rotatable bonds is 4. The van der Waals surface area contributed by atoms with Crippen LogP contribution in [0.4, 0.5) is 0 Å². The van der Waals surface area contributed by atoms with Crippen molar-refractivity contribution < 1.29 is 19.4 Å². The molecule has 0 aliphatic carbocycles.